The van der Waals surface area contributed by atoms with E-state index in [1.54, 1.807) is 23.5 Å². The SMILES string of the molecule is CN(CCOc1ccccc1)CC(=O)N[C@@H](c1ccc(F)cc1)c1cccs1. The van der Waals surface area contributed by atoms with Gasteiger partial charge in [-0.2, -0.15) is 0 Å². The number of amides is 1. The molecule has 0 saturated heterocycles. The molecule has 1 aromatic heterocycles. The molecule has 0 bridgehead atoms. The Kier molecular flexibility index (Phi) is 7.17. The number of carbonyl (C=O) groups is 1. The van der Waals surface area contributed by atoms with E-state index < -0.39 is 0 Å². The normalized spacial score (nSPS) is 12.0. The van der Waals surface area contributed by atoms with Crippen molar-refractivity contribution >= 4 is 17.2 Å². The first-order chi connectivity index (χ1) is 13.6. The number of thiophene rings is 1. The molecule has 0 aliphatic heterocycles. The minimum absolute atomic E-state index is 0.0927. The Morgan fingerprint density at radius 2 is 1.86 bits per heavy atom. The molecule has 0 aliphatic carbocycles. The molecule has 2 aromatic carbocycles. The number of para-hydroxylation sites is 1. The molecule has 4 nitrogen and oxygen atoms in total. The van der Waals surface area contributed by atoms with Crippen molar-refractivity contribution in [2.45, 2.75) is 6.04 Å². The van der Waals surface area contributed by atoms with Crippen molar-refractivity contribution in [3.63, 3.8) is 0 Å². The van der Waals surface area contributed by atoms with E-state index in [1.807, 2.05) is 59.8 Å². The van der Waals surface area contributed by atoms with Gasteiger partial charge in [0.25, 0.3) is 0 Å². The zero-order chi connectivity index (χ0) is 19.8. The maximum atomic E-state index is 13.3. The summed E-state index contributed by atoms with van der Waals surface area (Å²) >= 11 is 1.56. The van der Waals surface area contributed by atoms with Gasteiger partial charge in [0.1, 0.15) is 18.2 Å². The molecule has 28 heavy (non-hydrogen) atoms. The Morgan fingerprint density at radius 3 is 2.54 bits per heavy atom. The van der Waals surface area contributed by atoms with Gasteiger partial charge in [-0.05, 0) is 48.3 Å². The summed E-state index contributed by atoms with van der Waals surface area (Å²) in [5, 5.41) is 5.02. The highest BCUT2D eigenvalue weighted by molar-refractivity contribution is 7.10. The van der Waals surface area contributed by atoms with Crippen molar-refractivity contribution in [3.05, 3.63) is 88.4 Å². The van der Waals surface area contributed by atoms with Crippen LogP contribution in [0.3, 0.4) is 0 Å². The van der Waals surface area contributed by atoms with Crippen LogP contribution in [0.15, 0.2) is 72.1 Å². The van der Waals surface area contributed by atoms with Gasteiger partial charge in [0.2, 0.25) is 5.91 Å². The molecule has 0 spiro atoms. The van der Waals surface area contributed by atoms with Crippen molar-refractivity contribution in [1.82, 2.24) is 10.2 Å². The molecule has 0 saturated carbocycles. The van der Waals surface area contributed by atoms with Gasteiger partial charge < -0.3 is 10.1 Å². The maximum Gasteiger partial charge on any atom is 0.234 e. The largest absolute Gasteiger partial charge is 0.492 e. The van der Waals surface area contributed by atoms with E-state index in [0.717, 1.165) is 16.2 Å². The summed E-state index contributed by atoms with van der Waals surface area (Å²) in [7, 11) is 1.88. The average molecular weight is 399 g/mol. The molecule has 3 aromatic rings. The number of nitrogens with one attached hydrogen (secondary N) is 1. The van der Waals surface area contributed by atoms with Gasteiger partial charge in [0, 0.05) is 11.4 Å². The van der Waals surface area contributed by atoms with Gasteiger partial charge >= 0.3 is 0 Å². The molecule has 6 heteroatoms. The third-order valence-corrected chi connectivity index (χ3v) is 5.17. The molecule has 1 amide bonds. The minimum Gasteiger partial charge on any atom is -0.492 e. The number of ether oxygens (including phenoxy) is 1. The Hall–Kier alpha value is -2.70. The Morgan fingerprint density at radius 1 is 1.11 bits per heavy atom. The van der Waals surface area contributed by atoms with Gasteiger partial charge in [-0.3, -0.25) is 9.69 Å². The Labute approximate surface area is 168 Å². The highest BCUT2D eigenvalue weighted by atomic mass is 32.1. The standard InChI is InChI=1S/C22H23FN2O2S/c1-25(13-14-27-19-6-3-2-4-7-19)16-21(26)24-22(20-8-5-15-28-20)17-9-11-18(23)12-10-17/h2-12,15,22H,13-14,16H2,1H3,(H,24,26)/t22-/m0/s1. The fourth-order valence-corrected chi connectivity index (χ4v) is 3.60. The summed E-state index contributed by atoms with van der Waals surface area (Å²) in [6.45, 7) is 1.38. The second-order valence-corrected chi connectivity index (χ2v) is 7.45. The van der Waals surface area contributed by atoms with Crippen LogP contribution >= 0.6 is 11.3 Å². The molecule has 0 unspecified atom stereocenters. The van der Waals surface area contributed by atoms with E-state index in [-0.39, 0.29) is 24.3 Å². The highest BCUT2D eigenvalue weighted by Crippen LogP contribution is 2.26. The third kappa shape index (κ3) is 5.90. The van der Waals surface area contributed by atoms with Crippen LogP contribution in [0.2, 0.25) is 0 Å². The zero-order valence-corrected chi connectivity index (χ0v) is 16.5. The lowest BCUT2D eigenvalue weighted by atomic mass is 10.1. The molecule has 1 atom stereocenters. The number of halogens is 1. The lowest BCUT2D eigenvalue weighted by Gasteiger charge is -2.21. The van der Waals surface area contributed by atoms with Crippen molar-refractivity contribution in [2.75, 3.05) is 26.7 Å². The maximum absolute atomic E-state index is 13.3. The second-order valence-electron chi connectivity index (χ2n) is 6.47. The highest BCUT2D eigenvalue weighted by Gasteiger charge is 2.18. The molecule has 3 rings (SSSR count). The van der Waals surface area contributed by atoms with E-state index in [4.69, 9.17) is 4.74 Å². The van der Waals surface area contributed by atoms with Crippen molar-refractivity contribution in [3.8, 4) is 5.75 Å². The molecule has 0 radical (unpaired) electrons. The Balaban J connectivity index is 1.54. The summed E-state index contributed by atoms with van der Waals surface area (Å²) in [5.41, 5.74) is 0.854. The fourth-order valence-electron chi connectivity index (χ4n) is 2.80. The van der Waals surface area contributed by atoms with Crippen LogP contribution in [0.25, 0.3) is 0 Å². The first kappa shape index (κ1) is 20.0. The van der Waals surface area contributed by atoms with Gasteiger partial charge in [-0.25, -0.2) is 4.39 Å². The third-order valence-electron chi connectivity index (χ3n) is 4.23. The molecular formula is C22H23FN2O2S. The predicted molar refractivity (Wildman–Crippen MR) is 110 cm³/mol. The van der Waals surface area contributed by atoms with E-state index in [1.165, 1.54) is 12.1 Å². The van der Waals surface area contributed by atoms with E-state index in [0.29, 0.717) is 13.2 Å². The van der Waals surface area contributed by atoms with Crippen molar-refractivity contribution < 1.29 is 13.9 Å². The lowest BCUT2D eigenvalue weighted by Crippen LogP contribution is -2.38. The molecular weight excluding hydrogens is 375 g/mol. The van der Waals surface area contributed by atoms with Crippen molar-refractivity contribution in [1.29, 1.82) is 0 Å². The average Bonchev–Trinajstić information content (AvgIpc) is 3.22. The van der Waals surface area contributed by atoms with E-state index in [2.05, 4.69) is 5.32 Å². The van der Waals surface area contributed by atoms with Crippen LogP contribution in [0.1, 0.15) is 16.5 Å². The number of benzene rings is 2. The summed E-state index contributed by atoms with van der Waals surface area (Å²) in [4.78, 5) is 15.5. The van der Waals surface area contributed by atoms with Gasteiger partial charge in [-0.15, -0.1) is 11.3 Å². The second kappa shape index (κ2) is 10.0. The number of carbonyl (C=O) groups excluding carboxylic acids is 1. The molecule has 1 heterocycles. The number of nitrogens with zero attached hydrogens (tertiary/aromatic N) is 1. The molecule has 1 N–H and O–H groups in total. The summed E-state index contributed by atoms with van der Waals surface area (Å²) < 4.78 is 18.9. The van der Waals surface area contributed by atoms with Gasteiger partial charge in [-0.1, -0.05) is 36.4 Å². The Bertz CT molecular complexity index is 854. The summed E-state index contributed by atoms with van der Waals surface area (Å²) in [6.07, 6.45) is 0. The number of hydrogen-bond acceptors (Lipinski definition) is 4. The van der Waals surface area contributed by atoms with Crippen LogP contribution < -0.4 is 10.1 Å². The van der Waals surface area contributed by atoms with Crippen LogP contribution in [0, 0.1) is 5.82 Å². The quantitative estimate of drug-likeness (QED) is 0.590. The van der Waals surface area contributed by atoms with Crippen LogP contribution in [0.4, 0.5) is 4.39 Å². The predicted octanol–water partition coefficient (Wildman–Crippen LogP) is 4.10. The zero-order valence-electron chi connectivity index (χ0n) is 15.7. The number of likely N-dealkylation sites (N-methyl/N-ethyl adjacent to an activating group) is 1. The first-order valence-electron chi connectivity index (χ1n) is 9.06. The number of hydrogen-bond donors (Lipinski definition) is 1. The van der Waals surface area contributed by atoms with Crippen LogP contribution in [0.5, 0.6) is 5.75 Å². The summed E-state index contributed by atoms with van der Waals surface area (Å²) in [6, 6.07) is 19.4. The molecule has 146 valence electrons. The van der Waals surface area contributed by atoms with E-state index in [9.17, 15) is 9.18 Å². The number of rotatable bonds is 9. The van der Waals surface area contributed by atoms with E-state index >= 15 is 0 Å². The van der Waals surface area contributed by atoms with Crippen LogP contribution in [-0.2, 0) is 4.79 Å². The lowest BCUT2D eigenvalue weighted by molar-refractivity contribution is -0.122. The minimum atomic E-state index is -0.293. The monoisotopic (exact) mass is 398 g/mol. The molecule has 0 aliphatic rings. The molecule has 0 fully saturated rings. The fraction of sp³-hybridized carbons (Fsp3) is 0.227. The topological polar surface area (TPSA) is 41.6 Å². The smallest absolute Gasteiger partial charge is 0.234 e. The van der Waals surface area contributed by atoms with Gasteiger partial charge in [0.15, 0.2) is 0 Å². The van der Waals surface area contributed by atoms with Gasteiger partial charge in [0.05, 0.1) is 12.6 Å². The van der Waals surface area contributed by atoms with Crippen LogP contribution in [-0.4, -0.2) is 37.6 Å². The van der Waals surface area contributed by atoms with Crippen molar-refractivity contribution in [2.24, 2.45) is 0 Å². The summed E-state index contributed by atoms with van der Waals surface area (Å²) in [5.74, 6) is 0.428. The first-order valence-corrected chi connectivity index (χ1v) is 9.94.